The number of thioether (sulfide) groups is 1. The molecule has 5 heteroatoms. The molecule has 1 aromatic rings. The van der Waals surface area contributed by atoms with Gasteiger partial charge in [0.25, 0.3) is 0 Å². The maximum Gasteiger partial charge on any atom is 0.315 e. The first-order valence-corrected chi connectivity index (χ1v) is 8.44. The van der Waals surface area contributed by atoms with Crippen LogP contribution in [0, 0.1) is 5.92 Å². The average Bonchev–Trinajstić information content (AvgIpc) is 2.82. The molecule has 2 N–H and O–H groups in total. The number of hydrogen-bond donors (Lipinski definition) is 2. The fourth-order valence-corrected chi connectivity index (χ4v) is 3.34. The summed E-state index contributed by atoms with van der Waals surface area (Å²) in [4.78, 5) is 12.9. The summed E-state index contributed by atoms with van der Waals surface area (Å²) in [6, 6.07) is 8.05. The quantitative estimate of drug-likeness (QED) is 0.639. The molecule has 0 aliphatic heterocycles. The Balaban J connectivity index is 1.60. The van der Waals surface area contributed by atoms with Gasteiger partial charge < -0.3 is 10.6 Å². The lowest BCUT2D eigenvalue weighted by Crippen LogP contribution is -2.43. The molecule has 0 aromatic heterocycles. The van der Waals surface area contributed by atoms with Gasteiger partial charge in [-0.1, -0.05) is 24.9 Å². The Morgan fingerprint density at radius 2 is 2.10 bits per heavy atom. The van der Waals surface area contributed by atoms with Crippen molar-refractivity contribution < 1.29 is 4.79 Å². The van der Waals surface area contributed by atoms with Crippen molar-refractivity contribution in [2.24, 2.45) is 5.92 Å². The van der Waals surface area contributed by atoms with Crippen molar-refractivity contribution in [2.45, 2.75) is 37.1 Å². The van der Waals surface area contributed by atoms with Crippen molar-refractivity contribution >= 4 is 29.4 Å². The molecule has 110 valence electrons. The third-order valence-electron chi connectivity index (χ3n) is 3.65. The minimum absolute atomic E-state index is 0.0412. The van der Waals surface area contributed by atoms with Crippen LogP contribution in [0.5, 0.6) is 0 Å². The van der Waals surface area contributed by atoms with Crippen molar-refractivity contribution in [3.05, 3.63) is 29.3 Å². The Morgan fingerprint density at radius 3 is 2.75 bits per heavy atom. The molecule has 20 heavy (non-hydrogen) atoms. The van der Waals surface area contributed by atoms with Crippen LogP contribution in [0.4, 0.5) is 4.79 Å². The van der Waals surface area contributed by atoms with Crippen LogP contribution in [0.15, 0.2) is 29.2 Å². The molecule has 0 bridgehead atoms. The summed E-state index contributed by atoms with van der Waals surface area (Å²) in [5, 5.41) is 6.72. The van der Waals surface area contributed by atoms with Gasteiger partial charge in [0.05, 0.1) is 0 Å². The van der Waals surface area contributed by atoms with Gasteiger partial charge in [-0.15, -0.1) is 11.8 Å². The van der Waals surface area contributed by atoms with E-state index in [1.165, 1.54) is 17.7 Å². The first-order valence-electron chi connectivity index (χ1n) is 7.08. The Hall–Kier alpha value is -0.870. The Kier molecular flexibility index (Phi) is 6.05. The molecule has 0 heterocycles. The summed E-state index contributed by atoms with van der Waals surface area (Å²) >= 11 is 7.55. The van der Waals surface area contributed by atoms with Gasteiger partial charge in [0.1, 0.15) is 0 Å². The van der Waals surface area contributed by atoms with Crippen molar-refractivity contribution in [1.29, 1.82) is 0 Å². The minimum atomic E-state index is -0.0412. The van der Waals surface area contributed by atoms with Crippen LogP contribution >= 0.6 is 23.4 Å². The van der Waals surface area contributed by atoms with Crippen molar-refractivity contribution in [2.75, 3.05) is 12.3 Å². The van der Waals surface area contributed by atoms with Gasteiger partial charge in [-0.25, -0.2) is 4.79 Å². The minimum Gasteiger partial charge on any atom is -0.337 e. The molecule has 1 fully saturated rings. The van der Waals surface area contributed by atoms with Gasteiger partial charge in [-0.3, -0.25) is 0 Å². The van der Waals surface area contributed by atoms with Crippen LogP contribution in [-0.4, -0.2) is 24.4 Å². The Morgan fingerprint density at radius 1 is 1.35 bits per heavy atom. The summed E-state index contributed by atoms with van der Waals surface area (Å²) in [6.07, 6.45) is 3.55. The maximum absolute atomic E-state index is 11.8. The van der Waals surface area contributed by atoms with E-state index in [0.717, 1.165) is 17.2 Å². The number of carbonyl (C=O) groups is 1. The Bertz CT molecular complexity index is 438. The van der Waals surface area contributed by atoms with Crippen LogP contribution in [0.3, 0.4) is 0 Å². The number of hydrogen-bond acceptors (Lipinski definition) is 2. The van der Waals surface area contributed by atoms with E-state index in [1.54, 1.807) is 11.8 Å². The lowest BCUT2D eigenvalue weighted by Gasteiger charge is -2.17. The van der Waals surface area contributed by atoms with E-state index in [2.05, 4.69) is 17.6 Å². The van der Waals surface area contributed by atoms with E-state index in [9.17, 15) is 4.79 Å². The highest BCUT2D eigenvalue weighted by Gasteiger charge is 2.24. The molecule has 2 unspecified atom stereocenters. The lowest BCUT2D eigenvalue weighted by atomic mass is 10.1. The predicted molar refractivity (Wildman–Crippen MR) is 85.5 cm³/mol. The SMILES string of the molecule is CC1CCCC1NC(=O)NCCSc1ccc(Cl)cc1. The van der Waals surface area contributed by atoms with Gasteiger partial charge in [0, 0.05) is 28.3 Å². The summed E-state index contributed by atoms with van der Waals surface area (Å²) in [6.45, 7) is 2.87. The third-order valence-corrected chi connectivity index (χ3v) is 4.91. The van der Waals surface area contributed by atoms with Crippen LogP contribution in [0.25, 0.3) is 0 Å². The number of rotatable bonds is 5. The monoisotopic (exact) mass is 312 g/mol. The molecule has 1 aliphatic carbocycles. The van der Waals surface area contributed by atoms with Crippen molar-refractivity contribution in [3.63, 3.8) is 0 Å². The number of benzene rings is 1. The highest BCUT2D eigenvalue weighted by Crippen LogP contribution is 2.24. The van der Waals surface area contributed by atoms with Gasteiger partial charge in [0.15, 0.2) is 0 Å². The molecule has 2 amide bonds. The molecule has 0 radical (unpaired) electrons. The fraction of sp³-hybridized carbons (Fsp3) is 0.533. The molecule has 1 aliphatic rings. The molecule has 1 aromatic carbocycles. The molecule has 2 atom stereocenters. The van der Waals surface area contributed by atoms with Gasteiger partial charge in [-0.05, 0) is 43.0 Å². The van der Waals surface area contributed by atoms with E-state index in [4.69, 9.17) is 11.6 Å². The zero-order valence-corrected chi connectivity index (χ0v) is 13.3. The lowest BCUT2D eigenvalue weighted by molar-refractivity contribution is 0.235. The normalized spacial score (nSPS) is 21.7. The first kappa shape index (κ1) is 15.5. The second-order valence-electron chi connectivity index (χ2n) is 5.22. The summed E-state index contributed by atoms with van der Waals surface area (Å²) in [5.74, 6) is 1.46. The molecular weight excluding hydrogens is 292 g/mol. The van der Waals surface area contributed by atoms with E-state index >= 15 is 0 Å². The number of urea groups is 1. The van der Waals surface area contributed by atoms with E-state index < -0.39 is 0 Å². The van der Waals surface area contributed by atoms with Crippen LogP contribution < -0.4 is 10.6 Å². The van der Waals surface area contributed by atoms with Gasteiger partial charge >= 0.3 is 6.03 Å². The molecule has 2 rings (SSSR count). The number of halogens is 1. The topological polar surface area (TPSA) is 41.1 Å². The third kappa shape index (κ3) is 4.91. The second-order valence-corrected chi connectivity index (χ2v) is 6.82. The Labute approximate surface area is 129 Å². The molecule has 1 saturated carbocycles. The van der Waals surface area contributed by atoms with Crippen molar-refractivity contribution in [3.8, 4) is 0 Å². The first-order chi connectivity index (χ1) is 9.65. The summed E-state index contributed by atoms with van der Waals surface area (Å²) in [7, 11) is 0. The van der Waals surface area contributed by atoms with E-state index in [0.29, 0.717) is 18.5 Å². The standard InChI is InChI=1S/C15H21ClN2OS/c1-11-3-2-4-14(11)18-15(19)17-9-10-20-13-7-5-12(16)6-8-13/h5-8,11,14H,2-4,9-10H2,1H3,(H2,17,18,19). The molecular formula is C15H21ClN2OS. The maximum atomic E-state index is 11.8. The zero-order chi connectivity index (χ0) is 14.4. The smallest absolute Gasteiger partial charge is 0.315 e. The van der Waals surface area contributed by atoms with Crippen molar-refractivity contribution in [1.82, 2.24) is 10.6 Å². The number of amides is 2. The van der Waals surface area contributed by atoms with Crippen LogP contribution in [0.1, 0.15) is 26.2 Å². The fourth-order valence-electron chi connectivity index (χ4n) is 2.44. The van der Waals surface area contributed by atoms with Gasteiger partial charge in [-0.2, -0.15) is 0 Å². The van der Waals surface area contributed by atoms with E-state index in [-0.39, 0.29) is 6.03 Å². The molecule has 0 spiro atoms. The summed E-state index contributed by atoms with van der Waals surface area (Å²) in [5.41, 5.74) is 0. The molecule has 0 saturated heterocycles. The summed E-state index contributed by atoms with van der Waals surface area (Å²) < 4.78 is 0. The largest absolute Gasteiger partial charge is 0.337 e. The predicted octanol–water partition coefficient (Wildman–Crippen LogP) is 3.92. The second kappa shape index (κ2) is 7.79. The van der Waals surface area contributed by atoms with Crippen LogP contribution in [0.2, 0.25) is 5.02 Å². The highest BCUT2D eigenvalue weighted by atomic mass is 35.5. The highest BCUT2D eigenvalue weighted by molar-refractivity contribution is 7.99. The van der Waals surface area contributed by atoms with Crippen LogP contribution in [-0.2, 0) is 0 Å². The zero-order valence-electron chi connectivity index (χ0n) is 11.7. The van der Waals surface area contributed by atoms with Gasteiger partial charge in [0.2, 0.25) is 0 Å². The number of nitrogens with one attached hydrogen (secondary N) is 2. The number of carbonyl (C=O) groups excluding carboxylic acids is 1. The average molecular weight is 313 g/mol. The van der Waals surface area contributed by atoms with E-state index in [1.807, 2.05) is 24.3 Å². The molecule has 3 nitrogen and oxygen atoms in total.